The number of rotatable bonds is 1. The lowest BCUT2D eigenvalue weighted by Crippen LogP contribution is -2.46. The molecule has 1 saturated heterocycles. The minimum atomic E-state index is 0.332. The summed E-state index contributed by atoms with van der Waals surface area (Å²) in [5.41, 5.74) is 7.26. The van der Waals surface area contributed by atoms with Gasteiger partial charge in [-0.05, 0) is 24.5 Å². The third-order valence-corrected chi connectivity index (χ3v) is 3.86. The molecule has 2 aliphatic heterocycles. The molecule has 2 atom stereocenters. The highest BCUT2D eigenvalue weighted by Gasteiger charge is 2.24. The van der Waals surface area contributed by atoms with Crippen LogP contribution in [0.4, 0.5) is 5.69 Å². The summed E-state index contributed by atoms with van der Waals surface area (Å²) in [5.74, 6) is 2.25. The summed E-state index contributed by atoms with van der Waals surface area (Å²) in [7, 11) is 0. The van der Waals surface area contributed by atoms with Gasteiger partial charge in [-0.1, -0.05) is 6.92 Å². The molecule has 1 aromatic carbocycles. The van der Waals surface area contributed by atoms with Crippen LogP contribution in [0.25, 0.3) is 0 Å². The molecule has 0 aromatic heterocycles. The number of hydrogen-bond acceptors (Lipinski definition) is 4. The van der Waals surface area contributed by atoms with E-state index in [4.69, 9.17) is 15.2 Å². The molecule has 4 heteroatoms. The van der Waals surface area contributed by atoms with Crippen molar-refractivity contribution in [2.24, 2.45) is 11.7 Å². The van der Waals surface area contributed by atoms with Crippen LogP contribution >= 0.6 is 0 Å². The Morgan fingerprint density at radius 1 is 1.22 bits per heavy atom. The molecule has 0 radical (unpaired) electrons. The lowest BCUT2D eigenvalue weighted by Gasteiger charge is -2.37. The van der Waals surface area contributed by atoms with Gasteiger partial charge in [0.2, 0.25) is 0 Å². The topological polar surface area (TPSA) is 47.7 Å². The molecule has 0 bridgehead atoms. The number of anilines is 1. The normalized spacial score (nSPS) is 27.1. The zero-order valence-electron chi connectivity index (χ0n) is 10.8. The van der Waals surface area contributed by atoms with Gasteiger partial charge in [0.05, 0.1) is 0 Å². The molecular formula is C14H20N2O2. The summed E-state index contributed by atoms with van der Waals surface area (Å²) in [6.07, 6.45) is 1.05. The molecule has 0 amide bonds. The predicted octanol–water partition coefficient (Wildman–Crippen LogP) is 1.63. The van der Waals surface area contributed by atoms with E-state index in [1.807, 2.05) is 6.07 Å². The number of ether oxygens (including phenoxy) is 2. The van der Waals surface area contributed by atoms with E-state index in [1.165, 1.54) is 5.69 Å². The highest BCUT2D eigenvalue weighted by molar-refractivity contribution is 5.57. The van der Waals surface area contributed by atoms with E-state index in [0.717, 1.165) is 31.0 Å². The van der Waals surface area contributed by atoms with Crippen molar-refractivity contribution in [3.8, 4) is 11.5 Å². The first-order valence-corrected chi connectivity index (χ1v) is 6.64. The Morgan fingerprint density at radius 3 is 2.78 bits per heavy atom. The summed E-state index contributed by atoms with van der Waals surface area (Å²) in [6.45, 7) is 5.53. The first kappa shape index (κ1) is 11.7. The molecule has 4 nitrogen and oxygen atoms in total. The fraction of sp³-hybridized carbons (Fsp3) is 0.571. The third kappa shape index (κ3) is 2.12. The van der Waals surface area contributed by atoms with Crippen molar-refractivity contribution in [2.75, 3.05) is 31.2 Å². The van der Waals surface area contributed by atoms with E-state index >= 15 is 0 Å². The molecule has 3 rings (SSSR count). The highest BCUT2D eigenvalue weighted by atomic mass is 16.6. The largest absolute Gasteiger partial charge is 0.486 e. The molecular weight excluding hydrogens is 228 g/mol. The summed E-state index contributed by atoms with van der Waals surface area (Å²) in [6, 6.07) is 6.52. The van der Waals surface area contributed by atoms with Gasteiger partial charge < -0.3 is 20.1 Å². The lowest BCUT2D eigenvalue weighted by molar-refractivity contribution is 0.171. The maximum atomic E-state index is 6.06. The number of fused-ring (bicyclic) bond motifs is 1. The van der Waals surface area contributed by atoms with Crippen molar-refractivity contribution in [2.45, 2.75) is 19.4 Å². The van der Waals surface area contributed by atoms with Gasteiger partial charge in [0.25, 0.3) is 0 Å². The fourth-order valence-corrected chi connectivity index (χ4v) is 2.63. The van der Waals surface area contributed by atoms with Crippen molar-refractivity contribution in [3.63, 3.8) is 0 Å². The van der Waals surface area contributed by atoms with E-state index < -0.39 is 0 Å². The summed E-state index contributed by atoms with van der Waals surface area (Å²) in [4.78, 5) is 2.38. The average molecular weight is 248 g/mol. The van der Waals surface area contributed by atoms with E-state index in [1.54, 1.807) is 0 Å². The van der Waals surface area contributed by atoms with E-state index in [2.05, 4.69) is 24.0 Å². The zero-order valence-corrected chi connectivity index (χ0v) is 10.8. The van der Waals surface area contributed by atoms with Crippen LogP contribution in [0.5, 0.6) is 11.5 Å². The van der Waals surface area contributed by atoms with Crippen LogP contribution in [0.15, 0.2) is 18.2 Å². The molecule has 2 heterocycles. The van der Waals surface area contributed by atoms with Gasteiger partial charge in [-0.25, -0.2) is 0 Å². The van der Waals surface area contributed by atoms with Gasteiger partial charge in [-0.3, -0.25) is 0 Å². The second-order valence-electron chi connectivity index (χ2n) is 5.20. The average Bonchev–Trinajstić information content (AvgIpc) is 2.41. The van der Waals surface area contributed by atoms with E-state index in [9.17, 15) is 0 Å². The van der Waals surface area contributed by atoms with Crippen molar-refractivity contribution in [1.82, 2.24) is 0 Å². The Kier molecular flexibility index (Phi) is 3.04. The van der Waals surface area contributed by atoms with Crippen LogP contribution in [0.1, 0.15) is 13.3 Å². The van der Waals surface area contributed by atoms with Crippen molar-refractivity contribution in [1.29, 1.82) is 0 Å². The van der Waals surface area contributed by atoms with Crippen molar-refractivity contribution in [3.05, 3.63) is 18.2 Å². The van der Waals surface area contributed by atoms with Gasteiger partial charge in [0.1, 0.15) is 13.2 Å². The molecule has 0 aliphatic carbocycles. The Morgan fingerprint density at radius 2 is 2.00 bits per heavy atom. The number of piperidine rings is 1. The highest BCUT2D eigenvalue weighted by Crippen LogP contribution is 2.35. The number of nitrogens with two attached hydrogens (primary N) is 1. The predicted molar refractivity (Wildman–Crippen MR) is 71.4 cm³/mol. The van der Waals surface area contributed by atoms with Crippen LogP contribution in [0, 0.1) is 5.92 Å². The smallest absolute Gasteiger partial charge is 0.163 e. The molecule has 0 spiro atoms. The van der Waals surface area contributed by atoms with E-state index in [0.29, 0.717) is 25.2 Å². The minimum Gasteiger partial charge on any atom is -0.486 e. The SMILES string of the molecule is CC1CN(c2ccc3c(c2)OCCO3)CCC1N. The van der Waals surface area contributed by atoms with Crippen LogP contribution in [-0.2, 0) is 0 Å². The van der Waals surface area contributed by atoms with E-state index in [-0.39, 0.29) is 0 Å². The quantitative estimate of drug-likeness (QED) is 0.820. The second kappa shape index (κ2) is 4.69. The maximum absolute atomic E-state index is 6.06. The molecule has 2 N–H and O–H groups in total. The fourth-order valence-electron chi connectivity index (χ4n) is 2.63. The second-order valence-corrected chi connectivity index (χ2v) is 5.20. The molecule has 1 fully saturated rings. The van der Waals surface area contributed by atoms with Crippen LogP contribution in [0.2, 0.25) is 0 Å². The maximum Gasteiger partial charge on any atom is 0.163 e. The number of hydrogen-bond donors (Lipinski definition) is 1. The van der Waals surface area contributed by atoms with Gasteiger partial charge in [-0.15, -0.1) is 0 Å². The standard InChI is InChI=1S/C14H20N2O2/c1-10-9-16(5-4-12(10)15)11-2-3-13-14(8-11)18-7-6-17-13/h2-3,8,10,12H,4-7,9,15H2,1H3. The first-order chi connectivity index (χ1) is 8.74. The van der Waals surface area contributed by atoms with Crippen molar-refractivity contribution < 1.29 is 9.47 Å². The number of benzene rings is 1. The van der Waals surface area contributed by atoms with Gasteiger partial charge >= 0.3 is 0 Å². The first-order valence-electron chi connectivity index (χ1n) is 6.64. The summed E-state index contributed by atoms with van der Waals surface area (Å²) < 4.78 is 11.2. The molecule has 2 unspecified atom stereocenters. The Hall–Kier alpha value is -1.42. The molecule has 0 saturated carbocycles. The number of nitrogens with zero attached hydrogens (tertiary/aromatic N) is 1. The van der Waals surface area contributed by atoms with Crippen molar-refractivity contribution >= 4 is 5.69 Å². The van der Waals surface area contributed by atoms with Crippen LogP contribution in [0.3, 0.4) is 0 Å². The molecule has 18 heavy (non-hydrogen) atoms. The molecule has 2 aliphatic rings. The van der Waals surface area contributed by atoms with Gasteiger partial charge in [0, 0.05) is 30.9 Å². The minimum absolute atomic E-state index is 0.332. The Bertz CT molecular complexity index is 436. The van der Waals surface area contributed by atoms with Gasteiger partial charge in [-0.2, -0.15) is 0 Å². The third-order valence-electron chi connectivity index (χ3n) is 3.86. The summed E-state index contributed by atoms with van der Waals surface area (Å²) >= 11 is 0. The monoisotopic (exact) mass is 248 g/mol. The zero-order chi connectivity index (χ0) is 12.5. The Labute approximate surface area is 108 Å². The van der Waals surface area contributed by atoms with Crippen LogP contribution < -0.4 is 20.1 Å². The molecule has 1 aromatic rings. The lowest BCUT2D eigenvalue weighted by atomic mass is 9.94. The Balaban J connectivity index is 1.80. The van der Waals surface area contributed by atoms with Crippen LogP contribution in [-0.4, -0.2) is 32.3 Å². The molecule has 98 valence electrons. The summed E-state index contributed by atoms with van der Waals surface area (Å²) in [5, 5.41) is 0. The van der Waals surface area contributed by atoms with Gasteiger partial charge in [0.15, 0.2) is 11.5 Å².